The highest BCUT2D eigenvalue weighted by atomic mass is 16.2. The fraction of sp³-hybridized carbons (Fsp3) is 0.727. The van der Waals surface area contributed by atoms with Crippen molar-refractivity contribution in [2.24, 2.45) is 11.7 Å². The summed E-state index contributed by atoms with van der Waals surface area (Å²) in [5.74, 6) is -0.637. The fourth-order valence-corrected chi connectivity index (χ4v) is 1.82. The third-order valence-electron chi connectivity index (χ3n) is 2.55. The average molecular weight is 256 g/mol. The van der Waals surface area contributed by atoms with Crippen LogP contribution in [0.25, 0.3) is 0 Å². The van der Waals surface area contributed by atoms with Gasteiger partial charge in [-0.2, -0.15) is 0 Å². The molecule has 7 heteroatoms. The first-order chi connectivity index (χ1) is 8.40. The Morgan fingerprint density at radius 2 is 2.17 bits per heavy atom. The van der Waals surface area contributed by atoms with Gasteiger partial charge in [0.05, 0.1) is 13.1 Å². The molecule has 0 saturated carbocycles. The topological polar surface area (TPSA) is 105 Å². The van der Waals surface area contributed by atoms with Gasteiger partial charge in [-0.05, 0) is 5.92 Å². The Bertz CT molecular complexity index is 333. The molecule has 0 spiro atoms. The van der Waals surface area contributed by atoms with Crippen molar-refractivity contribution in [1.82, 2.24) is 15.5 Å². The third kappa shape index (κ3) is 4.33. The molecule has 1 rings (SSSR count). The first kappa shape index (κ1) is 14.4. The van der Waals surface area contributed by atoms with Gasteiger partial charge in [0.2, 0.25) is 17.7 Å². The van der Waals surface area contributed by atoms with Gasteiger partial charge >= 0.3 is 0 Å². The fourth-order valence-electron chi connectivity index (χ4n) is 1.82. The zero-order valence-corrected chi connectivity index (χ0v) is 10.7. The molecule has 4 N–H and O–H groups in total. The highest BCUT2D eigenvalue weighted by molar-refractivity contribution is 5.89. The van der Waals surface area contributed by atoms with Gasteiger partial charge in [0.25, 0.3) is 0 Å². The van der Waals surface area contributed by atoms with Crippen LogP contribution in [0.4, 0.5) is 0 Å². The summed E-state index contributed by atoms with van der Waals surface area (Å²) < 4.78 is 0. The minimum atomic E-state index is -0.538. The largest absolute Gasteiger partial charge is 0.368 e. The number of primary amides is 1. The molecule has 0 aliphatic carbocycles. The zero-order chi connectivity index (χ0) is 13.7. The van der Waals surface area contributed by atoms with Gasteiger partial charge in [-0.25, -0.2) is 0 Å². The summed E-state index contributed by atoms with van der Waals surface area (Å²) in [5.41, 5.74) is 5.14. The van der Waals surface area contributed by atoms with E-state index in [1.165, 1.54) is 4.90 Å². The second-order valence-electron chi connectivity index (χ2n) is 4.82. The standard InChI is InChI=1S/C11H20N4O3/c1-7(2)5-15(6-9(12)16)11(18)8-3-14-10(17)4-13-8/h7-8,13H,3-6H2,1-2H3,(H2,12,16)(H,14,17). The van der Waals surface area contributed by atoms with Gasteiger partial charge in [-0.1, -0.05) is 13.8 Å². The molecule has 0 radical (unpaired) electrons. The van der Waals surface area contributed by atoms with Gasteiger partial charge in [-0.15, -0.1) is 0 Å². The summed E-state index contributed by atoms with van der Waals surface area (Å²) in [6.45, 7) is 4.64. The van der Waals surface area contributed by atoms with E-state index >= 15 is 0 Å². The number of rotatable bonds is 5. The average Bonchev–Trinajstić information content (AvgIpc) is 2.27. The van der Waals surface area contributed by atoms with E-state index in [-0.39, 0.29) is 37.4 Å². The molecule has 0 aromatic rings. The Morgan fingerprint density at radius 1 is 1.50 bits per heavy atom. The Labute approximate surface area is 106 Å². The van der Waals surface area contributed by atoms with Crippen LogP contribution < -0.4 is 16.4 Å². The summed E-state index contributed by atoms with van der Waals surface area (Å²) in [4.78, 5) is 35.6. The minimum absolute atomic E-state index is 0.0941. The van der Waals surface area contributed by atoms with Crippen molar-refractivity contribution >= 4 is 17.7 Å². The number of nitrogens with one attached hydrogen (secondary N) is 2. The first-order valence-electron chi connectivity index (χ1n) is 5.97. The molecule has 3 amide bonds. The quantitative estimate of drug-likeness (QED) is 0.531. The van der Waals surface area contributed by atoms with Crippen LogP contribution in [0.3, 0.4) is 0 Å². The van der Waals surface area contributed by atoms with Gasteiger partial charge in [-0.3, -0.25) is 19.7 Å². The normalized spacial score (nSPS) is 19.5. The third-order valence-corrected chi connectivity index (χ3v) is 2.55. The number of hydrogen-bond donors (Lipinski definition) is 3. The van der Waals surface area contributed by atoms with E-state index < -0.39 is 11.9 Å². The van der Waals surface area contributed by atoms with Crippen molar-refractivity contribution in [3.05, 3.63) is 0 Å². The summed E-state index contributed by atoms with van der Waals surface area (Å²) in [6, 6.07) is -0.485. The maximum absolute atomic E-state index is 12.2. The molecule has 1 saturated heterocycles. The predicted octanol–water partition coefficient (Wildman–Crippen LogP) is -1.96. The molecular weight excluding hydrogens is 236 g/mol. The molecule has 0 aromatic heterocycles. The van der Waals surface area contributed by atoms with Crippen LogP contribution in [-0.4, -0.2) is 54.8 Å². The molecule has 18 heavy (non-hydrogen) atoms. The van der Waals surface area contributed by atoms with E-state index in [9.17, 15) is 14.4 Å². The van der Waals surface area contributed by atoms with Crippen LogP contribution in [-0.2, 0) is 14.4 Å². The van der Waals surface area contributed by atoms with Crippen molar-refractivity contribution in [3.8, 4) is 0 Å². The Hall–Kier alpha value is -1.63. The van der Waals surface area contributed by atoms with Crippen LogP contribution in [0.5, 0.6) is 0 Å². The van der Waals surface area contributed by atoms with Gasteiger partial charge < -0.3 is 16.0 Å². The van der Waals surface area contributed by atoms with Crippen molar-refractivity contribution in [2.45, 2.75) is 19.9 Å². The number of nitrogens with zero attached hydrogens (tertiary/aromatic N) is 1. The summed E-state index contributed by atoms with van der Waals surface area (Å²) in [5, 5.41) is 5.45. The lowest BCUT2D eigenvalue weighted by atomic mass is 10.1. The highest BCUT2D eigenvalue weighted by Gasteiger charge is 2.28. The number of nitrogens with two attached hydrogens (primary N) is 1. The smallest absolute Gasteiger partial charge is 0.242 e. The van der Waals surface area contributed by atoms with E-state index in [0.717, 1.165) is 0 Å². The summed E-state index contributed by atoms with van der Waals surface area (Å²) in [6.07, 6.45) is 0. The number of carbonyl (C=O) groups is 3. The zero-order valence-electron chi connectivity index (χ0n) is 10.7. The van der Waals surface area contributed by atoms with Crippen molar-refractivity contribution < 1.29 is 14.4 Å². The predicted molar refractivity (Wildman–Crippen MR) is 65.4 cm³/mol. The first-order valence-corrected chi connectivity index (χ1v) is 5.97. The van der Waals surface area contributed by atoms with Crippen LogP contribution in [0.1, 0.15) is 13.8 Å². The number of hydrogen-bond acceptors (Lipinski definition) is 4. The molecule has 1 aliphatic rings. The van der Waals surface area contributed by atoms with E-state index in [1.807, 2.05) is 13.8 Å². The lowest BCUT2D eigenvalue weighted by molar-refractivity contribution is -0.138. The van der Waals surface area contributed by atoms with Gasteiger partial charge in [0.15, 0.2) is 0 Å². The monoisotopic (exact) mass is 256 g/mol. The van der Waals surface area contributed by atoms with Crippen molar-refractivity contribution in [3.63, 3.8) is 0 Å². The Morgan fingerprint density at radius 3 is 2.61 bits per heavy atom. The molecule has 1 atom stereocenters. The van der Waals surface area contributed by atoms with Crippen LogP contribution in [0, 0.1) is 5.92 Å². The van der Waals surface area contributed by atoms with Crippen LogP contribution in [0.2, 0.25) is 0 Å². The van der Waals surface area contributed by atoms with Crippen LogP contribution >= 0.6 is 0 Å². The molecular formula is C11H20N4O3. The second kappa shape index (κ2) is 6.34. The Kier molecular flexibility index (Phi) is 5.08. The second-order valence-corrected chi connectivity index (χ2v) is 4.82. The summed E-state index contributed by atoms with van der Waals surface area (Å²) >= 11 is 0. The van der Waals surface area contributed by atoms with Crippen molar-refractivity contribution in [2.75, 3.05) is 26.2 Å². The maximum atomic E-state index is 12.2. The lowest BCUT2D eigenvalue weighted by Gasteiger charge is -2.30. The van der Waals surface area contributed by atoms with E-state index in [0.29, 0.717) is 6.54 Å². The molecule has 0 aromatic carbocycles. The molecule has 1 fully saturated rings. The lowest BCUT2D eigenvalue weighted by Crippen LogP contribution is -2.59. The minimum Gasteiger partial charge on any atom is -0.368 e. The molecule has 1 unspecified atom stereocenters. The highest BCUT2D eigenvalue weighted by Crippen LogP contribution is 2.03. The number of carbonyl (C=O) groups excluding carboxylic acids is 3. The van der Waals surface area contributed by atoms with Crippen LogP contribution in [0.15, 0.2) is 0 Å². The van der Waals surface area contributed by atoms with E-state index in [4.69, 9.17) is 5.73 Å². The molecule has 102 valence electrons. The van der Waals surface area contributed by atoms with E-state index in [1.54, 1.807) is 0 Å². The molecule has 1 heterocycles. The van der Waals surface area contributed by atoms with E-state index in [2.05, 4.69) is 10.6 Å². The van der Waals surface area contributed by atoms with Gasteiger partial charge in [0, 0.05) is 13.1 Å². The van der Waals surface area contributed by atoms with Gasteiger partial charge in [0.1, 0.15) is 6.04 Å². The maximum Gasteiger partial charge on any atom is 0.242 e. The van der Waals surface area contributed by atoms with Crippen molar-refractivity contribution in [1.29, 1.82) is 0 Å². The molecule has 0 bridgehead atoms. The number of amides is 3. The molecule has 7 nitrogen and oxygen atoms in total. The SMILES string of the molecule is CC(C)CN(CC(N)=O)C(=O)C1CNC(=O)CN1. The number of piperazine rings is 1. The molecule has 1 aliphatic heterocycles. The summed E-state index contributed by atoms with van der Waals surface area (Å²) in [7, 11) is 0. The Balaban J connectivity index is 2.62.